The van der Waals surface area contributed by atoms with E-state index < -0.39 is 6.17 Å². The van der Waals surface area contributed by atoms with Crippen LogP contribution in [0.25, 0.3) is 0 Å². The molecule has 132 valence electrons. The second kappa shape index (κ2) is 5.71. The van der Waals surface area contributed by atoms with Crippen LogP contribution in [0.1, 0.15) is 32.4 Å². The fourth-order valence-electron chi connectivity index (χ4n) is 3.90. The van der Waals surface area contributed by atoms with Crippen LogP contribution >= 0.6 is 0 Å². The van der Waals surface area contributed by atoms with Gasteiger partial charge in [0.25, 0.3) is 11.8 Å². The van der Waals surface area contributed by atoms with Gasteiger partial charge >= 0.3 is 0 Å². The number of methoxy groups -OCH3 is 1. The molecule has 0 saturated heterocycles. The molecule has 2 aliphatic rings. The first-order valence-corrected chi connectivity index (χ1v) is 8.70. The van der Waals surface area contributed by atoms with Gasteiger partial charge in [-0.3, -0.25) is 19.4 Å². The third kappa shape index (κ3) is 2.11. The summed E-state index contributed by atoms with van der Waals surface area (Å²) < 4.78 is 5.23. The Morgan fingerprint density at radius 2 is 1.37 bits per heavy atom. The summed E-state index contributed by atoms with van der Waals surface area (Å²) in [5.74, 6) is 0.499. The highest BCUT2D eigenvalue weighted by molar-refractivity contribution is 6.21. The zero-order valence-corrected chi connectivity index (χ0v) is 14.6. The van der Waals surface area contributed by atoms with Gasteiger partial charge in [-0.25, -0.2) is 0 Å². The average molecular weight is 356 g/mol. The maximum atomic E-state index is 13.4. The van der Waals surface area contributed by atoms with Crippen LogP contribution in [0.4, 0.5) is 11.4 Å². The van der Waals surface area contributed by atoms with E-state index in [4.69, 9.17) is 4.74 Å². The summed E-state index contributed by atoms with van der Waals surface area (Å²) in [6, 6.07) is 22.0. The zero-order valence-electron chi connectivity index (χ0n) is 14.6. The zero-order chi connectivity index (χ0) is 18.5. The Kier molecular flexibility index (Phi) is 3.31. The number of para-hydroxylation sites is 1. The lowest BCUT2D eigenvalue weighted by Crippen LogP contribution is -2.48. The molecule has 2 amide bonds. The Bertz CT molecular complexity index is 1070. The molecule has 1 atom stereocenters. The molecule has 2 heterocycles. The fraction of sp³-hybridized carbons (Fsp3) is 0.0909. The standard InChI is InChI=1S/C22H16N2O3/c1-27-15-12-10-14(11-13-15)23-20-16-6-2-3-7-17(16)21(25)24(20)19-9-5-4-8-18(19)22(23)26/h2-13,20H,1H3. The van der Waals surface area contributed by atoms with Crippen LogP contribution in [-0.4, -0.2) is 18.9 Å². The molecule has 0 aromatic heterocycles. The van der Waals surface area contributed by atoms with E-state index in [-0.39, 0.29) is 11.8 Å². The molecule has 27 heavy (non-hydrogen) atoms. The van der Waals surface area contributed by atoms with E-state index in [0.717, 1.165) is 11.3 Å². The second-order valence-corrected chi connectivity index (χ2v) is 6.53. The minimum Gasteiger partial charge on any atom is -0.497 e. The molecule has 0 saturated carbocycles. The normalized spacial score (nSPS) is 17.4. The lowest BCUT2D eigenvalue weighted by atomic mass is 10.0. The van der Waals surface area contributed by atoms with E-state index in [2.05, 4.69) is 0 Å². The number of anilines is 2. The summed E-state index contributed by atoms with van der Waals surface area (Å²) in [5, 5.41) is 0. The molecule has 2 aliphatic heterocycles. The third-order valence-electron chi connectivity index (χ3n) is 5.14. The van der Waals surface area contributed by atoms with E-state index in [1.807, 2.05) is 66.7 Å². The second-order valence-electron chi connectivity index (χ2n) is 6.53. The molecule has 5 rings (SSSR count). The van der Waals surface area contributed by atoms with Crippen molar-refractivity contribution in [2.45, 2.75) is 6.17 Å². The van der Waals surface area contributed by atoms with E-state index in [1.165, 1.54) is 0 Å². The molecule has 0 spiro atoms. The number of ether oxygens (including phenoxy) is 1. The van der Waals surface area contributed by atoms with Crippen LogP contribution in [0.15, 0.2) is 72.8 Å². The maximum Gasteiger partial charge on any atom is 0.262 e. The molecule has 3 aromatic carbocycles. The molecule has 0 bridgehead atoms. The molecule has 0 radical (unpaired) electrons. The van der Waals surface area contributed by atoms with Gasteiger partial charge in [0.2, 0.25) is 0 Å². The predicted octanol–water partition coefficient (Wildman–Crippen LogP) is 4.01. The fourth-order valence-corrected chi connectivity index (χ4v) is 3.90. The Balaban J connectivity index is 1.75. The van der Waals surface area contributed by atoms with Gasteiger partial charge in [0.15, 0.2) is 0 Å². The number of carbonyl (C=O) groups is 2. The first-order chi connectivity index (χ1) is 13.2. The number of fused-ring (bicyclic) bond motifs is 5. The van der Waals surface area contributed by atoms with E-state index in [1.54, 1.807) is 23.0 Å². The van der Waals surface area contributed by atoms with Crippen molar-refractivity contribution in [3.63, 3.8) is 0 Å². The van der Waals surface area contributed by atoms with Gasteiger partial charge in [0, 0.05) is 16.8 Å². The van der Waals surface area contributed by atoms with E-state index in [0.29, 0.717) is 22.6 Å². The summed E-state index contributed by atoms with van der Waals surface area (Å²) in [7, 11) is 1.60. The molecule has 0 fully saturated rings. The van der Waals surface area contributed by atoms with Gasteiger partial charge in [-0.15, -0.1) is 0 Å². The third-order valence-corrected chi connectivity index (χ3v) is 5.14. The van der Waals surface area contributed by atoms with Crippen LogP contribution < -0.4 is 14.5 Å². The largest absolute Gasteiger partial charge is 0.497 e. The highest BCUT2D eigenvalue weighted by atomic mass is 16.5. The Hall–Kier alpha value is -3.60. The number of hydrogen-bond acceptors (Lipinski definition) is 3. The smallest absolute Gasteiger partial charge is 0.262 e. The highest BCUT2D eigenvalue weighted by Gasteiger charge is 2.48. The summed E-state index contributed by atoms with van der Waals surface area (Å²) in [4.78, 5) is 29.9. The van der Waals surface area contributed by atoms with Gasteiger partial charge in [-0.1, -0.05) is 30.3 Å². The van der Waals surface area contributed by atoms with Gasteiger partial charge in [-0.2, -0.15) is 0 Å². The monoisotopic (exact) mass is 356 g/mol. The Labute approximate surface area is 156 Å². The summed E-state index contributed by atoms with van der Waals surface area (Å²) in [6.07, 6.45) is -0.496. The first-order valence-electron chi connectivity index (χ1n) is 8.70. The van der Waals surface area contributed by atoms with Crippen LogP contribution in [0.2, 0.25) is 0 Å². The van der Waals surface area contributed by atoms with Crippen molar-refractivity contribution in [2.75, 3.05) is 16.9 Å². The summed E-state index contributed by atoms with van der Waals surface area (Å²) >= 11 is 0. The van der Waals surface area contributed by atoms with Gasteiger partial charge in [-0.05, 0) is 42.5 Å². The number of rotatable bonds is 2. The molecule has 5 heteroatoms. The van der Waals surface area contributed by atoms with Crippen molar-refractivity contribution in [3.05, 3.63) is 89.5 Å². The molecule has 0 N–H and O–H groups in total. The van der Waals surface area contributed by atoms with Crippen molar-refractivity contribution in [1.82, 2.24) is 0 Å². The number of benzene rings is 3. The number of hydrogen-bond donors (Lipinski definition) is 0. The Morgan fingerprint density at radius 3 is 2.11 bits per heavy atom. The van der Waals surface area contributed by atoms with Crippen LogP contribution in [0.3, 0.4) is 0 Å². The Morgan fingerprint density at radius 1 is 0.741 bits per heavy atom. The van der Waals surface area contributed by atoms with Crippen molar-refractivity contribution in [1.29, 1.82) is 0 Å². The predicted molar refractivity (Wildman–Crippen MR) is 102 cm³/mol. The molecule has 0 aliphatic carbocycles. The molecule has 3 aromatic rings. The van der Waals surface area contributed by atoms with Crippen LogP contribution in [0.5, 0.6) is 5.75 Å². The minimum atomic E-state index is -0.496. The van der Waals surface area contributed by atoms with Crippen molar-refractivity contribution < 1.29 is 14.3 Å². The number of carbonyl (C=O) groups excluding carboxylic acids is 2. The lowest BCUT2D eigenvalue weighted by molar-refractivity contribution is 0.0949. The summed E-state index contributed by atoms with van der Waals surface area (Å²) in [6.45, 7) is 0. The van der Waals surface area contributed by atoms with E-state index >= 15 is 0 Å². The number of amides is 2. The average Bonchev–Trinajstić information content (AvgIpc) is 3.02. The topological polar surface area (TPSA) is 49.9 Å². The first kappa shape index (κ1) is 15.6. The van der Waals surface area contributed by atoms with Crippen LogP contribution in [0, 0.1) is 0 Å². The molecule has 1 unspecified atom stereocenters. The van der Waals surface area contributed by atoms with Gasteiger partial charge in [0.1, 0.15) is 11.9 Å². The van der Waals surface area contributed by atoms with Crippen molar-refractivity contribution in [3.8, 4) is 5.75 Å². The van der Waals surface area contributed by atoms with Gasteiger partial charge in [0.05, 0.1) is 18.4 Å². The van der Waals surface area contributed by atoms with E-state index in [9.17, 15) is 9.59 Å². The molecule has 5 nitrogen and oxygen atoms in total. The quantitative estimate of drug-likeness (QED) is 0.697. The van der Waals surface area contributed by atoms with Gasteiger partial charge < -0.3 is 4.74 Å². The maximum absolute atomic E-state index is 13.4. The lowest BCUT2D eigenvalue weighted by Gasteiger charge is -2.40. The minimum absolute atomic E-state index is 0.0888. The van der Waals surface area contributed by atoms with Crippen LogP contribution in [-0.2, 0) is 0 Å². The molecular weight excluding hydrogens is 340 g/mol. The highest BCUT2D eigenvalue weighted by Crippen LogP contribution is 2.46. The van der Waals surface area contributed by atoms with Crippen molar-refractivity contribution in [2.24, 2.45) is 0 Å². The number of nitrogens with zero attached hydrogens (tertiary/aromatic N) is 2. The SMILES string of the molecule is COc1ccc(N2C(=O)c3ccccc3N3C(=O)c4ccccc4C23)cc1. The van der Waals surface area contributed by atoms with Crippen molar-refractivity contribution >= 4 is 23.2 Å². The summed E-state index contributed by atoms with van der Waals surface area (Å²) in [5.41, 5.74) is 3.35. The molecular formula is C22H16N2O3.